The Kier molecular flexibility index (Phi) is 24.2. The first-order valence-electron chi connectivity index (χ1n) is 27.9. The molecule has 27 heteroatoms. The normalized spacial score (nSPS) is 13.2. The number of rotatable bonds is 23. The molecule has 0 fully saturated rings. The van der Waals surface area contributed by atoms with Crippen molar-refractivity contribution in [2.45, 2.75) is 172 Å². The minimum Gasteiger partial charge on any atom is -0.249 e. The monoisotopic (exact) mass is 1290 g/mol. The molecule has 0 spiro atoms. The standard InChI is InChI=1S/C32H12BF24.C29H47N2/c34-25(35,36)13-1-14(26(37,38)39)6-21(5-13)33(22-7-15(27(40,41)42)2-16(8-22)28(43,44)45,23-9-17(29(46,47)48)3-18(10-23)30(49,50)51)24-11-19(31(52,53)54)4-20(12-24)32(55,56)57;1-2-3-4-5-6-7-8-9-10-11-12-13-14-15-16-20-23-29-27-31(25-24-30-29)26-28-21-18-17-19-22-28/h1-12H;17-19,21-22,24-25,27H,2-16,20,23,26H2,1H3/q-1;+1. The van der Waals surface area contributed by atoms with Crippen molar-refractivity contribution in [1.82, 2.24) is 4.98 Å². The molecule has 0 bridgehead atoms. The van der Waals surface area contributed by atoms with Crippen LogP contribution in [0, 0.1) is 0 Å². The van der Waals surface area contributed by atoms with Crippen LogP contribution in [0.25, 0.3) is 0 Å². The first-order valence-corrected chi connectivity index (χ1v) is 27.9. The molecular weight excluding hydrogens is 1230 g/mol. The van der Waals surface area contributed by atoms with E-state index in [1.807, 2.05) is 6.20 Å². The van der Waals surface area contributed by atoms with Crippen LogP contribution in [-0.4, -0.2) is 11.1 Å². The maximum Gasteiger partial charge on any atom is 0.416 e. The molecule has 0 aliphatic rings. The summed E-state index contributed by atoms with van der Waals surface area (Å²) in [5.41, 5.74) is -27.6. The first kappa shape index (κ1) is 72.3. The third-order valence-corrected chi connectivity index (χ3v) is 14.7. The van der Waals surface area contributed by atoms with Gasteiger partial charge in [0.1, 0.15) is 11.8 Å². The molecule has 0 radical (unpaired) electrons. The molecule has 88 heavy (non-hydrogen) atoms. The molecule has 0 aliphatic carbocycles. The molecule has 0 amide bonds. The molecular formula is C61H59BF24N2. The minimum absolute atomic E-state index is 0.691. The summed E-state index contributed by atoms with van der Waals surface area (Å²) in [5.74, 6) is 0. The summed E-state index contributed by atoms with van der Waals surface area (Å²) >= 11 is 0. The molecule has 6 rings (SSSR count). The van der Waals surface area contributed by atoms with Gasteiger partial charge in [-0.25, -0.2) is 4.98 Å². The molecule has 0 aliphatic heterocycles. The van der Waals surface area contributed by atoms with E-state index in [0.717, 1.165) is 13.0 Å². The Morgan fingerprint density at radius 3 is 0.830 bits per heavy atom. The third kappa shape index (κ3) is 20.8. The largest absolute Gasteiger partial charge is 0.416 e. The average Bonchev–Trinajstić information content (AvgIpc) is 0.794. The van der Waals surface area contributed by atoms with Crippen LogP contribution in [0.4, 0.5) is 105 Å². The first-order chi connectivity index (χ1) is 40.6. The Labute approximate surface area is 491 Å². The fraction of sp³-hybridized carbons (Fsp3) is 0.443. The zero-order chi connectivity index (χ0) is 65.7. The number of nitrogens with zero attached hydrogens (tertiary/aromatic N) is 2. The van der Waals surface area contributed by atoms with Crippen molar-refractivity contribution < 1.29 is 110 Å². The molecule has 0 atom stereocenters. The van der Waals surface area contributed by atoms with E-state index >= 15 is 0 Å². The fourth-order valence-corrected chi connectivity index (χ4v) is 10.4. The van der Waals surface area contributed by atoms with Gasteiger partial charge in [0, 0.05) is 5.56 Å². The lowest BCUT2D eigenvalue weighted by Gasteiger charge is -2.46. The third-order valence-electron chi connectivity index (χ3n) is 14.7. The number of aromatic nitrogens is 2. The van der Waals surface area contributed by atoms with Gasteiger partial charge in [-0.2, -0.15) is 132 Å². The molecule has 484 valence electrons. The van der Waals surface area contributed by atoms with Crippen molar-refractivity contribution in [2.24, 2.45) is 0 Å². The van der Waals surface area contributed by atoms with E-state index in [1.54, 1.807) is 0 Å². The second kappa shape index (κ2) is 29.5. The maximum atomic E-state index is 14.2. The van der Waals surface area contributed by atoms with E-state index in [0.29, 0.717) is 0 Å². The Bertz CT molecular complexity index is 2730. The summed E-state index contributed by atoms with van der Waals surface area (Å²) in [6, 6.07) is 1.84. The summed E-state index contributed by atoms with van der Waals surface area (Å²) in [6.07, 6.45) is -24.7. The summed E-state index contributed by atoms with van der Waals surface area (Å²) in [7, 11) is 0. The molecule has 0 saturated heterocycles. The molecule has 0 unspecified atom stereocenters. The van der Waals surface area contributed by atoms with Crippen LogP contribution < -0.4 is 26.4 Å². The van der Waals surface area contributed by atoms with Crippen LogP contribution in [0.15, 0.2) is 122 Å². The molecule has 5 aromatic carbocycles. The van der Waals surface area contributed by atoms with Gasteiger partial charge in [0.05, 0.1) is 50.7 Å². The summed E-state index contributed by atoms with van der Waals surface area (Å²) in [6.45, 7) is 3.22. The molecule has 0 N–H and O–H groups in total. The van der Waals surface area contributed by atoms with E-state index in [9.17, 15) is 105 Å². The number of alkyl halides is 24. The Hall–Kier alpha value is -6.44. The Balaban J connectivity index is 0.000000383. The van der Waals surface area contributed by atoms with E-state index in [2.05, 4.69) is 59.2 Å². The fourth-order valence-electron chi connectivity index (χ4n) is 10.4. The highest BCUT2D eigenvalue weighted by Gasteiger charge is 2.47. The van der Waals surface area contributed by atoms with Gasteiger partial charge in [-0.05, 0) is 37.1 Å². The highest BCUT2D eigenvalue weighted by atomic mass is 19.4. The summed E-state index contributed by atoms with van der Waals surface area (Å²) in [5, 5.41) is 0. The van der Waals surface area contributed by atoms with Crippen LogP contribution in [0.3, 0.4) is 0 Å². The predicted octanol–water partition coefficient (Wildman–Crippen LogP) is 19.4. The van der Waals surface area contributed by atoms with Gasteiger partial charge >= 0.3 is 49.4 Å². The number of aryl methyl sites for hydroxylation is 1. The molecule has 1 aromatic heterocycles. The lowest BCUT2D eigenvalue weighted by Crippen LogP contribution is -2.75. The van der Waals surface area contributed by atoms with Crippen molar-refractivity contribution in [3.8, 4) is 0 Å². The second-order valence-electron chi connectivity index (χ2n) is 21.5. The quantitative estimate of drug-likeness (QED) is 0.0270. The second-order valence-corrected chi connectivity index (χ2v) is 21.5. The van der Waals surface area contributed by atoms with E-state index in [4.69, 9.17) is 0 Å². The SMILES string of the molecule is CCCCCCCCCCCCCCCCCCc1c[n+](Cc2ccccc2)ccn1.FC(F)(F)c1cc([B-](c2cc(C(F)(F)F)cc(C(F)(F)F)c2)(c2cc(C(F)(F)F)cc(C(F)(F)F)c2)c2cc(C(F)(F)F)cc(C(F)(F)F)c2)cc(C(F)(F)F)c1. The molecule has 0 saturated carbocycles. The van der Waals surface area contributed by atoms with Crippen molar-refractivity contribution in [3.05, 3.63) is 177 Å². The van der Waals surface area contributed by atoms with Gasteiger partial charge in [-0.1, -0.05) is 182 Å². The van der Waals surface area contributed by atoms with Gasteiger partial charge in [0.25, 0.3) is 0 Å². The minimum atomic E-state index is -6.13. The highest BCUT2D eigenvalue weighted by Crippen LogP contribution is 2.41. The van der Waals surface area contributed by atoms with Crippen LogP contribution >= 0.6 is 0 Å². The summed E-state index contributed by atoms with van der Waals surface area (Å²) in [4.78, 5) is 4.57. The van der Waals surface area contributed by atoms with E-state index in [1.165, 1.54) is 114 Å². The number of hydrogen-bond donors (Lipinski definition) is 0. The number of benzene rings is 5. The van der Waals surface area contributed by atoms with E-state index in [-0.39, 0.29) is 0 Å². The lowest BCUT2D eigenvalue weighted by molar-refractivity contribution is -0.689. The Morgan fingerprint density at radius 1 is 0.330 bits per heavy atom. The van der Waals surface area contributed by atoms with Gasteiger partial charge in [-0.3, -0.25) is 0 Å². The molecule has 2 nitrogen and oxygen atoms in total. The predicted molar refractivity (Wildman–Crippen MR) is 283 cm³/mol. The van der Waals surface area contributed by atoms with Gasteiger partial charge < -0.3 is 0 Å². The number of hydrogen-bond acceptors (Lipinski definition) is 1. The van der Waals surface area contributed by atoms with Crippen LogP contribution in [0.1, 0.15) is 165 Å². The van der Waals surface area contributed by atoms with Gasteiger partial charge in [0.15, 0.2) is 18.9 Å². The number of unbranched alkanes of at least 4 members (excludes halogenated alkanes) is 15. The summed E-state index contributed by atoms with van der Waals surface area (Å²) < 4.78 is 343. The van der Waals surface area contributed by atoms with Crippen LogP contribution in [0.2, 0.25) is 0 Å². The van der Waals surface area contributed by atoms with E-state index < -0.39 is 195 Å². The molecule has 6 aromatic rings. The smallest absolute Gasteiger partial charge is 0.249 e. The van der Waals surface area contributed by atoms with Crippen molar-refractivity contribution >= 4 is 28.0 Å². The molecule has 1 heterocycles. The average molecular weight is 1290 g/mol. The van der Waals surface area contributed by atoms with Crippen molar-refractivity contribution in [3.63, 3.8) is 0 Å². The van der Waals surface area contributed by atoms with Crippen LogP contribution in [-0.2, 0) is 62.4 Å². The maximum absolute atomic E-state index is 14.2. The van der Waals surface area contributed by atoms with Gasteiger partial charge in [0.2, 0.25) is 0 Å². The lowest BCUT2D eigenvalue weighted by atomic mass is 9.12. The zero-order valence-electron chi connectivity index (χ0n) is 46.8. The zero-order valence-corrected chi connectivity index (χ0v) is 46.8. The topological polar surface area (TPSA) is 16.8 Å². The van der Waals surface area contributed by atoms with Crippen molar-refractivity contribution in [2.75, 3.05) is 0 Å². The van der Waals surface area contributed by atoms with Gasteiger partial charge in [-0.15, -0.1) is 0 Å². The number of halogens is 24. The van der Waals surface area contributed by atoms with Crippen LogP contribution in [0.5, 0.6) is 0 Å². The highest BCUT2D eigenvalue weighted by molar-refractivity contribution is 7.20. The Morgan fingerprint density at radius 2 is 0.580 bits per heavy atom. The van der Waals surface area contributed by atoms with Crippen molar-refractivity contribution in [1.29, 1.82) is 0 Å².